The molecule has 4 nitrogen and oxygen atoms in total. The molecule has 0 bridgehead atoms. The summed E-state index contributed by atoms with van der Waals surface area (Å²) in [6.45, 7) is 5.22. The molecule has 106 valence electrons. The van der Waals surface area contributed by atoms with Gasteiger partial charge >= 0.3 is 0 Å². The van der Waals surface area contributed by atoms with Gasteiger partial charge in [0.15, 0.2) is 6.61 Å². The molecule has 0 aliphatic carbocycles. The molecule has 1 aromatic rings. The molecule has 3 N–H and O–H groups in total. The third-order valence-electron chi connectivity index (χ3n) is 2.65. The zero-order valence-corrected chi connectivity index (χ0v) is 12.2. The topological polar surface area (TPSA) is 64.3 Å². The van der Waals surface area contributed by atoms with Crippen LogP contribution in [0.15, 0.2) is 18.2 Å². The first kappa shape index (κ1) is 15.8. The van der Waals surface area contributed by atoms with Gasteiger partial charge in [-0.2, -0.15) is 0 Å². The number of nitrogens with one attached hydrogen (secondary N) is 1. The van der Waals surface area contributed by atoms with Gasteiger partial charge in [0.1, 0.15) is 5.75 Å². The van der Waals surface area contributed by atoms with Crippen molar-refractivity contribution in [2.24, 2.45) is 11.7 Å². The van der Waals surface area contributed by atoms with Gasteiger partial charge in [0.25, 0.3) is 5.91 Å². The Labute approximate surface area is 119 Å². The number of hydrogen-bond acceptors (Lipinski definition) is 3. The van der Waals surface area contributed by atoms with E-state index in [0.29, 0.717) is 29.8 Å². The van der Waals surface area contributed by atoms with Crippen molar-refractivity contribution in [1.82, 2.24) is 5.32 Å². The van der Waals surface area contributed by atoms with Gasteiger partial charge in [-0.15, -0.1) is 0 Å². The molecular formula is C14H21ClN2O2. The number of halogens is 1. The first-order valence-electron chi connectivity index (χ1n) is 6.41. The number of hydrogen-bond donors (Lipinski definition) is 2. The highest BCUT2D eigenvalue weighted by Gasteiger charge is 2.07. The molecule has 0 aliphatic heterocycles. The highest BCUT2D eigenvalue weighted by molar-refractivity contribution is 6.30. The minimum atomic E-state index is -0.126. The van der Waals surface area contributed by atoms with Gasteiger partial charge < -0.3 is 15.8 Å². The second-order valence-corrected chi connectivity index (χ2v) is 5.21. The van der Waals surface area contributed by atoms with Crippen LogP contribution in [-0.4, -0.2) is 19.1 Å². The Hall–Kier alpha value is -1.26. The van der Waals surface area contributed by atoms with Crippen molar-refractivity contribution in [1.29, 1.82) is 0 Å². The number of rotatable bonds is 7. The fraction of sp³-hybridized carbons (Fsp3) is 0.500. The SMILES string of the molecule is CC(C)CCNC(=O)COc1ccc(Cl)cc1CN. The Morgan fingerprint density at radius 2 is 2.21 bits per heavy atom. The molecule has 0 aliphatic rings. The third-order valence-corrected chi connectivity index (χ3v) is 2.88. The summed E-state index contributed by atoms with van der Waals surface area (Å²) in [6, 6.07) is 5.19. The first-order chi connectivity index (χ1) is 9.02. The van der Waals surface area contributed by atoms with Gasteiger partial charge in [0.05, 0.1) is 0 Å². The molecule has 0 fully saturated rings. The van der Waals surface area contributed by atoms with Gasteiger partial charge in [-0.1, -0.05) is 25.4 Å². The Balaban J connectivity index is 2.41. The molecule has 0 spiro atoms. The fourth-order valence-electron chi connectivity index (χ4n) is 1.54. The van der Waals surface area contributed by atoms with Crippen LogP contribution in [0.4, 0.5) is 0 Å². The maximum Gasteiger partial charge on any atom is 0.257 e. The normalized spacial score (nSPS) is 10.6. The molecule has 0 saturated heterocycles. The molecule has 1 amide bonds. The van der Waals surface area contributed by atoms with Crippen LogP contribution in [0.1, 0.15) is 25.8 Å². The van der Waals surface area contributed by atoms with Gasteiger partial charge in [0, 0.05) is 23.7 Å². The maximum atomic E-state index is 11.6. The Morgan fingerprint density at radius 3 is 2.84 bits per heavy atom. The summed E-state index contributed by atoms with van der Waals surface area (Å²) in [5.74, 6) is 1.05. The molecular weight excluding hydrogens is 264 g/mol. The molecule has 0 atom stereocenters. The van der Waals surface area contributed by atoms with Gasteiger partial charge in [-0.3, -0.25) is 4.79 Å². The molecule has 0 heterocycles. The summed E-state index contributed by atoms with van der Waals surface area (Å²) in [5, 5.41) is 3.42. The summed E-state index contributed by atoms with van der Waals surface area (Å²) in [5.41, 5.74) is 6.39. The van der Waals surface area contributed by atoms with Crippen molar-refractivity contribution in [3.05, 3.63) is 28.8 Å². The Bertz CT molecular complexity index is 422. The van der Waals surface area contributed by atoms with E-state index in [-0.39, 0.29) is 12.5 Å². The van der Waals surface area contributed by atoms with Crippen molar-refractivity contribution in [3.8, 4) is 5.75 Å². The first-order valence-corrected chi connectivity index (χ1v) is 6.78. The lowest BCUT2D eigenvalue weighted by molar-refractivity contribution is -0.123. The Kier molecular flexibility index (Phi) is 6.67. The monoisotopic (exact) mass is 284 g/mol. The molecule has 1 aromatic carbocycles. The van der Waals surface area contributed by atoms with Crippen LogP contribution in [0.25, 0.3) is 0 Å². The van der Waals surface area contributed by atoms with Gasteiger partial charge in [-0.05, 0) is 30.5 Å². The molecule has 0 unspecified atom stereocenters. The van der Waals surface area contributed by atoms with E-state index in [4.69, 9.17) is 22.1 Å². The van der Waals surface area contributed by atoms with Gasteiger partial charge in [0.2, 0.25) is 0 Å². The molecule has 0 radical (unpaired) electrons. The standard InChI is InChI=1S/C14H21ClN2O2/c1-10(2)5-6-17-14(18)9-19-13-4-3-12(15)7-11(13)8-16/h3-4,7,10H,5-6,8-9,16H2,1-2H3,(H,17,18). The summed E-state index contributed by atoms with van der Waals surface area (Å²) in [7, 11) is 0. The van der Waals surface area contributed by atoms with Crippen molar-refractivity contribution in [2.45, 2.75) is 26.8 Å². The van der Waals surface area contributed by atoms with Crippen LogP contribution >= 0.6 is 11.6 Å². The van der Waals surface area contributed by atoms with Crippen molar-refractivity contribution in [2.75, 3.05) is 13.2 Å². The zero-order chi connectivity index (χ0) is 14.3. The average molecular weight is 285 g/mol. The highest BCUT2D eigenvalue weighted by Crippen LogP contribution is 2.22. The van der Waals surface area contributed by atoms with Crippen LogP contribution in [0.2, 0.25) is 5.02 Å². The van der Waals surface area contributed by atoms with E-state index in [1.807, 2.05) is 0 Å². The predicted molar refractivity (Wildman–Crippen MR) is 77.3 cm³/mol. The predicted octanol–water partition coefficient (Wildman–Crippen LogP) is 2.34. The third kappa shape index (κ3) is 5.94. The number of nitrogens with two attached hydrogens (primary N) is 1. The average Bonchev–Trinajstić information content (AvgIpc) is 2.36. The summed E-state index contributed by atoms with van der Waals surface area (Å²) in [6.07, 6.45) is 0.959. The molecule has 5 heteroatoms. The number of amides is 1. The summed E-state index contributed by atoms with van der Waals surface area (Å²) >= 11 is 5.87. The second-order valence-electron chi connectivity index (χ2n) is 4.78. The highest BCUT2D eigenvalue weighted by atomic mass is 35.5. The minimum absolute atomic E-state index is 0.00721. The Morgan fingerprint density at radius 1 is 1.47 bits per heavy atom. The van der Waals surface area contributed by atoms with E-state index in [2.05, 4.69) is 19.2 Å². The maximum absolute atomic E-state index is 11.6. The molecule has 1 rings (SSSR count). The van der Waals surface area contributed by atoms with E-state index in [0.717, 1.165) is 12.0 Å². The largest absolute Gasteiger partial charge is 0.483 e. The molecule has 19 heavy (non-hydrogen) atoms. The van der Waals surface area contributed by atoms with Crippen molar-refractivity contribution < 1.29 is 9.53 Å². The molecule has 0 aromatic heterocycles. The van der Waals surface area contributed by atoms with E-state index in [1.165, 1.54) is 0 Å². The second kappa shape index (κ2) is 8.02. The lowest BCUT2D eigenvalue weighted by Crippen LogP contribution is -2.30. The van der Waals surface area contributed by atoms with Crippen LogP contribution in [-0.2, 0) is 11.3 Å². The van der Waals surface area contributed by atoms with Crippen LogP contribution in [0.5, 0.6) is 5.75 Å². The van der Waals surface area contributed by atoms with Crippen LogP contribution in [0, 0.1) is 5.92 Å². The lowest BCUT2D eigenvalue weighted by Gasteiger charge is -2.11. The molecule has 0 saturated carbocycles. The van der Waals surface area contributed by atoms with Crippen molar-refractivity contribution >= 4 is 17.5 Å². The summed E-state index contributed by atoms with van der Waals surface area (Å²) in [4.78, 5) is 11.6. The van der Waals surface area contributed by atoms with Crippen molar-refractivity contribution in [3.63, 3.8) is 0 Å². The van der Waals surface area contributed by atoms with Gasteiger partial charge in [-0.25, -0.2) is 0 Å². The quantitative estimate of drug-likeness (QED) is 0.808. The fourth-order valence-corrected chi connectivity index (χ4v) is 1.74. The minimum Gasteiger partial charge on any atom is -0.483 e. The van der Waals surface area contributed by atoms with Crippen LogP contribution in [0.3, 0.4) is 0 Å². The summed E-state index contributed by atoms with van der Waals surface area (Å²) < 4.78 is 5.45. The number of ether oxygens (including phenoxy) is 1. The number of benzene rings is 1. The van der Waals surface area contributed by atoms with E-state index >= 15 is 0 Å². The smallest absolute Gasteiger partial charge is 0.257 e. The zero-order valence-electron chi connectivity index (χ0n) is 11.4. The van der Waals surface area contributed by atoms with E-state index in [1.54, 1.807) is 18.2 Å². The number of carbonyl (C=O) groups excluding carboxylic acids is 1. The van der Waals surface area contributed by atoms with E-state index in [9.17, 15) is 4.79 Å². The van der Waals surface area contributed by atoms with Crippen LogP contribution < -0.4 is 15.8 Å². The van der Waals surface area contributed by atoms with E-state index < -0.39 is 0 Å². The lowest BCUT2D eigenvalue weighted by atomic mass is 10.1. The number of carbonyl (C=O) groups is 1.